The van der Waals surface area contributed by atoms with E-state index in [4.69, 9.17) is 4.52 Å². The highest BCUT2D eigenvalue weighted by Gasteiger charge is 2.01. The quantitative estimate of drug-likeness (QED) is 0.424. The van der Waals surface area contributed by atoms with Crippen molar-refractivity contribution in [1.82, 2.24) is 0 Å². The van der Waals surface area contributed by atoms with Gasteiger partial charge in [-0.3, -0.25) is 4.79 Å². The Labute approximate surface area is 49.8 Å². The lowest BCUT2D eigenvalue weighted by molar-refractivity contribution is 0.245. The molecule has 1 atom stereocenters. The van der Waals surface area contributed by atoms with Gasteiger partial charge in [-0.1, -0.05) is 0 Å². The highest BCUT2D eigenvalue weighted by molar-refractivity contribution is 7.67. The average Bonchev–Trinajstić information content (AvgIpc) is 1.83. The maximum absolute atomic E-state index is 9.95. The number of hydrogen-bond acceptors (Lipinski definition) is 3. The summed E-state index contributed by atoms with van der Waals surface area (Å²) in [4.78, 5) is 9.95. The van der Waals surface area contributed by atoms with Gasteiger partial charge < -0.3 is 9.26 Å². The molecule has 0 aromatic carbocycles. The molecular formula is C4H9O3P. The summed E-state index contributed by atoms with van der Waals surface area (Å²) in [5.41, 5.74) is 0. The van der Waals surface area contributed by atoms with Crippen LogP contribution in [0.5, 0.6) is 0 Å². The van der Waals surface area contributed by atoms with E-state index < -0.39 is 8.15 Å². The number of methoxy groups -OCH3 is 1. The number of carbonyl (C=O) groups excluding carboxylic acids is 1. The van der Waals surface area contributed by atoms with Crippen LogP contribution in [-0.2, 0) is 14.1 Å². The highest BCUT2D eigenvalue weighted by Crippen LogP contribution is 2.30. The maximum atomic E-state index is 9.95. The van der Waals surface area contributed by atoms with E-state index in [1.165, 1.54) is 14.2 Å². The van der Waals surface area contributed by atoms with E-state index in [0.29, 0.717) is 6.35 Å². The van der Waals surface area contributed by atoms with E-state index in [1.807, 2.05) is 0 Å². The molecule has 0 aromatic rings. The molecule has 0 saturated heterocycles. The topological polar surface area (TPSA) is 35.5 Å². The fraction of sp³-hybridized carbons (Fsp3) is 0.750. The molecule has 0 heterocycles. The van der Waals surface area contributed by atoms with Gasteiger partial charge in [0, 0.05) is 14.2 Å². The van der Waals surface area contributed by atoms with E-state index >= 15 is 0 Å². The number of ether oxygens (including phenoxy) is 1. The second kappa shape index (κ2) is 5.16. The van der Waals surface area contributed by atoms with Gasteiger partial charge in [0.1, 0.15) is 8.15 Å². The summed E-state index contributed by atoms with van der Waals surface area (Å²) in [6, 6.07) is 0.777. The van der Waals surface area contributed by atoms with Gasteiger partial charge in [-0.2, -0.15) is 0 Å². The summed E-state index contributed by atoms with van der Waals surface area (Å²) in [6.07, 6.45) is 0.398. The van der Waals surface area contributed by atoms with Gasteiger partial charge in [-0.25, -0.2) is 0 Å². The van der Waals surface area contributed by atoms with Gasteiger partial charge in [0.25, 0.3) is 0 Å². The van der Waals surface area contributed by atoms with E-state index in [0.717, 1.165) is 6.03 Å². The van der Waals surface area contributed by atoms with Gasteiger partial charge in [0.15, 0.2) is 6.03 Å². The van der Waals surface area contributed by atoms with Crippen molar-refractivity contribution in [1.29, 1.82) is 0 Å². The Hall–Kier alpha value is 0.0200. The van der Waals surface area contributed by atoms with Crippen LogP contribution in [-0.4, -0.2) is 26.6 Å². The van der Waals surface area contributed by atoms with Crippen LogP contribution >= 0.6 is 8.15 Å². The van der Waals surface area contributed by atoms with Crippen molar-refractivity contribution in [2.45, 2.75) is 0 Å². The predicted molar refractivity (Wildman–Crippen MR) is 32.6 cm³/mol. The lowest BCUT2D eigenvalue weighted by atomic mass is 11.5. The molecule has 4 heteroatoms. The average molecular weight is 136 g/mol. The number of rotatable bonds is 4. The third-order valence-electron chi connectivity index (χ3n) is 0.608. The van der Waals surface area contributed by atoms with E-state index in [2.05, 4.69) is 4.74 Å². The molecular weight excluding hydrogens is 127 g/mol. The number of hydrogen-bond donors (Lipinski definition) is 0. The van der Waals surface area contributed by atoms with Crippen molar-refractivity contribution in [2.24, 2.45) is 0 Å². The van der Waals surface area contributed by atoms with Crippen molar-refractivity contribution in [2.75, 3.05) is 20.6 Å². The van der Waals surface area contributed by atoms with Crippen LogP contribution in [0.3, 0.4) is 0 Å². The lowest BCUT2D eigenvalue weighted by Gasteiger charge is -2.03. The summed E-state index contributed by atoms with van der Waals surface area (Å²) in [5, 5.41) is 0. The molecule has 0 spiro atoms. The van der Waals surface area contributed by atoms with Crippen molar-refractivity contribution in [3.05, 3.63) is 0 Å². The van der Waals surface area contributed by atoms with E-state index in [9.17, 15) is 4.79 Å². The zero-order valence-electron chi connectivity index (χ0n) is 4.96. The van der Waals surface area contributed by atoms with Crippen molar-refractivity contribution < 1.29 is 14.1 Å². The first kappa shape index (κ1) is 8.02. The molecule has 0 rings (SSSR count). The van der Waals surface area contributed by atoms with Crippen LogP contribution in [0.1, 0.15) is 0 Å². The van der Waals surface area contributed by atoms with E-state index in [-0.39, 0.29) is 0 Å². The number of carbonyl (C=O) groups is 1. The largest absolute Gasteiger partial charge is 0.377 e. The minimum atomic E-state index is -0.959. The van der Waals surface area contributed by atoms with Gasteiger partial charge in [0.2, 0.25) is 0 Å². The fourth-order valence-electron chi connectivity index (χ4n) is 0.253. The van der Waals surface area contributed by atoms with Crippen LogP contribution in [0.15, 0.2) is 0 Å². The minimum Gasteiger partial charge on any atom is -0.377 e. The first-order valence-electron chi connectivity index (χ1n) is 2.10. The summed E-state index contributed by atoms with van der Waals surface area (Å²) in [5.74, 6) is 0. The van der Waals surface area contributed by atoms with Gasteiger partial charge >= 0.3 is 0 Å². The lowest BCUT2D eigenvalue weighted by Crippen LogP contribution is -1.88. The first-order valence-corrected chi connectivity index (χ1v) is 3.61. The maximum Gasteiger partial charge on any atom is 0.171 e. The Balaban J connectivity index is 3.21. The van der Waals surface area contributed by atoms with Crippen LogP contribution in [0, 0.1) is 0 Å². The van der Waals surface area contributed by atoms with Gasteiger partial charge in [0.05, 0.1) is 6.35 Å². The third kappa shape index (κ3) is 3.08. The first-order chi connectivity index (χ1) is 3.85. The molecule has 0 amide bonds. The molecule has 8 heavy (non-hydrogen) atoms. The zero-order chi connectivity index (χ0) is 6.41. The standard InChI is InChI=1S/C4H9O3P/c1-6-4-8(3-5)7-2/h3H,4H2,1-2H3. The third-order valence-corrected chi connectivity index (χ3v) is 1.83. The monoisotopic (exact) mass is 136 g/mol. The molecule has 0 radical (unpaired) electrons. The second-order valence-electron chi connectivity index (χ2n) is 1.12. The zero-order valence-corrected chi connectivity index (χ0v) is 5.85. The fourth-order valence-corrected chi connectivity index (χ4v) is 0.760. The molecule has 0 aliphatic heterocycles. The minimum absolute atomic E-state index is 0.398. The molecule has 1 unspecified atom stereocenters. The normalized spacial score (nSPS) is 13.2. The molecule has 0 saturated carbocycles. The summed E-state index contributed by atoms with van der Waals surface area (Å²) in [6.45, 7) is 0. The summed E-state index contributed by atoms with van der Waals surface area (Å²) >= 11 is 0. The van der Waals surface area contributed by atoms with Crippen molar-refractivity contribution >= 4 is 14.2 Å². The van der Waals surface area contributed by atoms with E-state index in [1.54, 1.807) is 0 Å². The second-order valence-corrected chi connectivity index (χ2v) is 2.79. The van der Waals surface area contributed by atoms with Gasteiger partial charge in [-0.05, 0) is 0 Å². The van der Waals surface area contributed by atoms with Crippen LogP contribution in [0.4, 0.5) is 0 Å². The predicted octanol–water partition coefficient (Wildman–Crippen LogP) is 0.824. The molecule has 0 aromatic heterocycles. The molecule has 0 fully saturated rings. The van der Waals surface area contributed by atoms with Crippen LogP contribution < -0.4 is 0 Å². The Morgan fingerprint density at radius 1 is 1.62 bits per heavy atom. The molecule has 0 aliphatic rings. The Morgan fingerprint density at radius 2 is 2.25 bits per heavy atom. The molecule has 0 N–H and O–H groups in total. The molecule has 3 nitrogen and oxygen atoms in total. The SMILES string of the molecule is COCP(C=O)OC. The summed E-state index contributed by atoms with van der Waals surface area (Å²) in [7, 11) is 2.08. The van der Waals surface area contributed by atoms with Crippen molar-refractivity contribution in [3.63, 3.8) is 0 Å². The highest BCUT2D eigenvalue weighted by atomic mass is 31.1. The van der Waals surface area contributed by atoms with Crippen LogP contribution in [0.25, 0.3) is 0 Å². The Morgan fingerprint density at radius 3 is 2.38 bits per heavy atom. The molecule has 0 aliphatic carbocycles. The van der Waals surface area contributed by atoms with Gasteiger partial charge in [-0.15, -0.1) is 0 Å². The molecule has 0 bridgehead atoms. The Kier molecular flexibility index (Phi) is 5.18. The van der Waals surface area contributed by atoms with Crippen molar-refractivity contribution in [3.8, 4) is 0 Å². The Bertz CT molecular complexity index is 66.3. The van der Waals surface area contributed by atoms with Crippen LogP contribution in [0.2, 0.25) is 0 Å². The summed E-state index contributed by atoms with van der Waals surface area (Å²) < 4.78 is 9.37. The molecule has 48 valence electrons. The smallest absolute Gasteiger partial charge is 0.171 e.